The summed E-state index contributed by atoms with van der Waals surface area (Å²) in [6, 6.07) is 15.5. The van der Waals surface area contributed by atoms with E-state index in [1.54, 1.807) is 18.5 Å². The molecule has 6 rings (SSSR count). The van der Waals surface area contributed by atoms with Crippen LogP contribution < -0.4 is 15.8 Å². The van der Waals surface area contributed by atoms with Crippen molar-refractivity contribution in [3.05, 3.63) is 77.1 Å². The fourth-order valence-corrected chi connectivity index (χ4v) is 5.14. The number of hydrogen-bond acceptors (Lipinski definition) is 7. The van der Waals surface area contributed by atoms with Crippen molar-refractivity contribution in [3.8, 4) is 11.4 Å². The molecule has 1 fully saturated rings. The first kappa shape index (κ1) is 23.2. The number of imidazole rings is 1. The zero-order valence-corrected chi connectivity index (χ0v) is 21.0. The van der Waals surface area contributed by atoms with E-state index in [1.807, 2.05) is 37.3 Å². The molecular weight excluding hydrogens is 466 g/mol. The van der Waals surface area contributed by atoms with Gasteiger partial charge < -0.3 is 24.9 Å². The van der Waals surface area contributed by atoms with Crippen molar-refractivity contribution in [1.82, 2.24) is 24.9 Å². The van der Waals surface area contributed by atoms with Crippen molar-refractivity contribution in [2.75, 3.05) is 23.3 Å². The van der Waals surface area contributed by atoms with Gasteiger partial charge in [0.2, 0.25) is 0 Å². The zero-order chi connectivity index (χ0) is 25.5. The molecule has 2 aromatic carbocycles. The van der Waals surface area contributed by atoms with Crippen LogP contribution >= 0.6 is 0 Å². The maximum atomic E-state index is 13.4. The van der Waals surface area contributed by atoms with Crippen molar-refractivity contribution in [2.24, 2.45) is 0 Å². The van der Waals surface area contributed by atoms with Crippen molar-refractivity contribution < 1.29 is 4.74 Å². The maximum absolute atomic E-state index is 13.4. The van der Waals surface area contributed by atoms with Crippen LogP contribution in [-0.2, 0) is 4.74 Å². The summed E-state index contributed by atoms with van der Waals surface area (Å²) in [7, 11) is 0. The molecule has 0 amide bonds. The zero-order valence-electron chi connectivity index (χ0n) is 21.0. The average molecular weight is 496 g/mol. The van der Waals surface area contributed by atoms with Crippen molar-refractivity contribution >= 4 is 33.3 Å². The Morgan fingerprint density at radius 1 is 1.00 bits per heavy atom. The van der Waals surface area contributed by atoms with E-state index in [1.165, 1.54) is 0 Å². The molecule has 0 aliphatic carbocycles. The van der Waals surface area contributed by atoms with Crippen LogP contribution in [0.4, 0.5) is 11.4 Å². The number of benzene rings is 2. The highest BCUT2D eigenvalue weighted by atomic mass is 16.5. The van der Waals surface area contributed by atoms with E-state index in [0.717, 1.165) is 40.7 Å². The second-order valence-corrected chi connectivity index (χ2v) is 9.67. The average Bonchev–Trinajstić information content (AvgIpc) is 3.31. The highest BCUT2D eigenvalue weighted by Crippen LogP contribution is 2.33. The molecule has 9 heteroatoms. The number of morpholine rings is 1. The van der Waals surface area contributed by atoms with E-state index in [4.69, 9.17) is 9.72 Å². The predicted molar refractivity (Wildman–Crippen MR) is 146 cm³/mol. The largest absolute Gasteiger partial charge is 0.374 e. The summed E-state index contributed by atoms with van der Waals surface area (Å²) >= 11 is 0. The van der Waals surface area contributed by atoms with Gasteiger partial charge in [-0.1, -0.05) is 18.2 Å². The van der Waals surface area contributed by atoms with Crippen molar-refractivity contribution in [3.63, 3.8) is 0 Å². The lowest BCUT2D eigenvalue weighted by Gasteiger charge is -2.36. The van der Waals surface area contributed by atoms with Gasteiger partial charge in [0.1, 0.15) is 17.2 Å². The summed E-state index contributed by atoms with van der Waals surface area (Å²) in [6.45, 7) is 7.82. The number of fused-ring (bicyclic) bond motifs is 2. The molecule has 0 spiro atoms. The molecule has 4 heterocycles. The number of nitrogens with one attached hydrogen (secondary N) is 3. The quantitative estimate of drug-likeness (QED) is 0.325. The Balaban J connectivity index is 1.45. The van der Waals surface area contributed by atoms with Crippen LogP contribution in [0.25, 0.3) is 33.3 Å². The minimum absolute atomic E-state index is 0.164. The van der Waals surface area contributed by atoms with Gasteiger partial charge in [0.15, 0.2) is 0 Å². The minimum atomic E-state index is -0.230. The first-order chi connectivity index (χ1) is 18.0. The van der Waals surface area contributed by atoms with Gasteiger partial charge in [0.05, 0.1) is 40.5 Å². The predicted octanol–water partition coefficient (Wildman–Crippen LogP) is 4.65. The third-order valence-electron chi connectivity index (χ3n) is 6.74. The Bertz CT molecular complexity index is 1620. The lowest BCUT2D eigenvalue weighted by molar-refractivity contribution is -0.00521. The number of pyridine rings is 1. The van der Waals surface area contributed by atoms with Gasteiger partial charge >= 0.3 is 0 Å². The van der Waals surface area contributed by atoms with Crippen molar-refractivity contribution in [2.45, 2.75) is 39.0 Å². The molecule has 188 valence electrons. The molecule has 1 aliphatic heterocycles. The monoisotopic (exact) mass is 495 g/mol. The smallest absolute Gasteiger partial charge is 0.261 e. The van der Waals surface area contributed by atoms with Crippen LogP contribution in [0.5, 0.6) is 0 Å². The third-order valence-corrected chi connectivity index (χ3v) is 6.74. The van der Waals surface area contributed by atoms with Crippen LogP contribution in [0.3, 0.4) is 0 Å². The van der Waals surface area contributed by atoms with E-state index < -0.39 is 0 Å². The van der Waals surface area contributed by atoms with E-state index in [9.17, 15) is 4.79 Å². The number of ether oxygens (including phenoxy) is 1. The van der Waals surface area contributed by atoms with Crippen LogP contribution in [0.2, 0.25) is 0 Å². The second kappa shape index (κ2) is 9.33. The Morgan fingerprint density at radius 2 is 1.76 bits per heavy atom. The standard InChI is InChI=1S/C28H29N7O2/c1-16-14-35(15-17(2)37-16)19-9-10-22-23(13-19)33-27(32-22)24-25(31-18(3)26-29-11-6-12-30-26)20-7-4-5-8-21(20)34-28(24)36/h4-13,16-18H,14-15H2,1-3H3,(H,32,33)(H2,31,34,36)/t16-,17-,18?/m1/s1. The summed E-state index contributed by atoms with van der Waals surface area (Å²) in [5.74, 6) is 1.15. The summed E-state index contributed by atoms with van der Waals surface area (Å²) in [5.41, 5.74) is 4.43. The third kappa shape index (κ3) is 4.42. The number of rotatable bonds is 5. The fourth-order valence-electron chi connectivity index (χ4n) is 5.14. The first-order valence-corrected chi connectivity index (χ1v) is 12.6. The number of aromatic nitrogens is 5. The number of nitrogens with zero attached hydrogens (tertiary/aromatic N) is 4. The van der Waals surface area contributed by atoms with Crippen LogP contribution in [0.15, 0.2) is 65.7 Å². The fraction of sp³-hybridized carbons (Fsp3) is 0.286. The summed E-state index contributed by atoms with van der Waals surface area (Å²) < 4.78 is 5.90. The molecule has 3 atom stereocenters. The van der Waals surface area contributed by atoms with E-state index in [0.29, 0.717) is 22.9 Å². The van der Waals surface area contributed by atoms with E-state index in [-0.39, 0.29) is 23.8 Å². The van der Waals surface area contributed by atoms with Gasteiger partial charge in [0.25, 0.3) is 5.56 Å². The molecule has 5 aromatic rings. The summed E-state index contributed by atoms with van der Waals surface area (Å²) in [5, 5.41) is 4.39. The van der Waals surface area contributed by atoms with Gasteiger partial charge in [-0.2, -0.15) is 0 Å². The van der Waals surface area contributed by atoms with Gasteiger partial charge in [0, 0.05) is 36.6 Å². The molecule has 9 nitrogen and oxygen atoms in total. The Hall–Kier alpha value is -4.24. The van der Waals surface area contributed by atoms with Crippen molar-refractivity contribution in [1.29, 1.82) is 0 Å². The molecular formula is C28H29N7O2. The molecule has 3 N–H and O–H groups in total. The van der Waals surface area contributed by atoms with Crippen LogP contribution in [0.1, 0.15) is 32.6 Å². The number of aromatic amines is 2. The Morgan fingerprint density at radius 3 is 2.54 bits per heavy atom. The lowest BCUT2D eigenvalue weighted by atomic mass is 10.1. The molecule has 1 aliphatic rings. The van der Waals surface area contributed by atoms with E-state index in [2.05, 4.69) is 56.1 Å². The Kier molecular flexibility index (Phi) is 5.84. The second-order valence-electron chi connectivity index (χ2n) is 9.67. The maximum Gasteiger partial charge on any atom is 0.261 e. The normalized spacial score (nSPS) is 18.8. The molecule has 37 heavy (non-hydrogen) atoms. The molecule has 0 radical (unpaired) electrons. The summed E-state index contributed by atoms with van der Waals surface area (Å²) in [4.78, 5) is 35.8. The minimum Gasteiger partial charge on any atom is -0.374 e. The number of anilines is 2. The topological polar surface area (TPSA) is 112 Å². The molecule has 0 saturated carbocycles. The lowest BCUT2D eigenvalue weighted by Crippen LogP contribution is -2.45. The number of H-pyrrole nitrogens is 2. The number of hydrogen-bond donors (Lipinski definition) is 3. The van der Waals surface area contributed by atoms with Gasteiger partial charge in [-0.3, -0.25) is 4.79 Å². The van der Waals surface area contributed by atoms with Gasteiger partial charge in [-0.15, -0.1) is 0 Å². The highest BCUT2D eigenvalue weighted by Gasteiger charge is 2.24. The molecule has 3 aromatic heterocycles. The SMILES string of the molecule is CC(Nc1c(-c2nc3ccc(N4C[C@@H](C)O[C@H](C)C4)cc3[nH]2)c(=O)[nH]c2ccccc12)c1ncccn1. The summed E-state index contributed by atoms with van der Waals surface area (Å²) in [6.07, 6.45) is 3.75. The Labute approximate surface area is 213 Å². The van der Waals surface area contributed by atoms with E-state index >= 15 is 0 Å². The highest BCUT2D eigenvalue weighted by molar-refractivity contribution is 5.99. The molecule has 1 saturated heterocycles. The molecule has 0 bridgehead atoms. The van der Waals surface area contributed by atoms with Crippen LogP contribution in [-0.4, -0.2) is 50.2 Å². The van der Waals surface area contributed by atoms with Gasteiger partial charge in [-0.05, 0) is 51.1 Å². The van der Waals surface area contributed by atoms with Gasteiger partial charge in [-0.25, -0.2) is 15.0 Å². The van der Waals surface area contributed by atoms with Crippen LogP contribution in [0, 0.1) is 0 Å². The first-order valence-electron chi connectivity index (χ1n) is 12.6. The number of para-hydroxylation sites is 1. The molecule has 1 unspecified atom stereocenters.